The summed E-state index contributed by atoms with van der Waals surface area (Å²) >= 11 is 0. The maximum atomic E-state index is 9.13. The van der Waals surface area contributed by atoms with Gasteiger partial charge in [-0.2, -0.15) is 0 Å². The molecule has 0 aliphatic heterocycles. The van der Waals surface area contributed by atoms with Crippen LogP contribution in [-0.2, 0) is 0 Å². The van der Waals surface area contributed by atoms with Crippen molar-refractivity contribution in [2.24, 2.45) is 5.92 Å². The van der Waals surface area contributed by atoms with Gasteiger partial charge in [-0.3, -0.25) is 0 Å². The number of aliphatic hydroxyl groups is 1. The van der Waals surface area contributed by atoms with Gasteiger partial charge in [-0.15, -0.1) is 0 Å². The second-order valence-corrected chi connectivity index (χ2v) is 4.53. The summed E-state index contributed by atoms with van der Waals surface area (Å²) in [6.07, 6.45) is 6.26. The molecule has 0 aliphatic carbocycles. The number of rotatable bonds is 9. The maximum absolute atomic E-state index is 9.13. The molecule has 0 bridgehead atoms. The summed E-state index contributed by atoms with van der Waals surface area (Å²) in [5.74, 6) is 0.666. The quantitative estimate of drug-likeness (QED) is 0.562. The van der Waals surface area contributed by atoms with Crippen molar-refractivity contribution in [2.75, 3.05) is 13.2 Å². The fraction of sp³-hybridized carbons (Fsp3) is 1.00. The molecule has 0 fully saturated rings. The van der Waals surface area contributed by atoms with Crippen molar-refractivity contribution < 1.29 is 5.11 Å². The minimum atomic E-state index is 0.277. The Morgan fingerprint density at radius 1 is 1.14 bits per heavy atom. The molecule has 1 atom stereocenters. The molecule has 0 aromatic rings. The third-order valence-corrected chi connectivity index (χ3v) is 2.44. The van der Waals surface area contributed by atoms with Crippen LogP contribution in [0.25, 0.3) is 0 Å². The largest absolute Gasteiger partial charge is 0.395 e. The second kappa shape index (κ2) is 9.47. The van der Waals surface area contributed by atoms with Crippen molar-refractivity contribution in [1.29, 1.82) is 0 Å². The van der Waals surface area contributed by atoms with E-state index in [0.717, 1.165) is 13.0 Å². The van der Waals surface area contributed by atoms with Crippen molar-refractivity contribution in [2.45, 2.75) is 58.9 Å². The van der Waals surface area contributed by atoms with Crippen molar-refractivity contribution in [1.82, 2.24) is 5.32 Å². The third kappa shape index (κ3) is 8.52. The zero-order valence-electron chi connectivity index (χ0n) is 10.1. The van der Waals surface area contributed by atoms with Gasteiger partial charge in [0.25, 0.3) is 0 Å². The number of hydrogen-bond acceptors (Lipinski definition) is 2. The van der Waals surface area contributed by atoms with Gasteiger partial charge in [0.1, 0.15) is 0 Å². The zero-order valence-corrected chi connectivity index (χ0v) is 10.1. The van der Waals surface area contributed by atoms with Crippen LogP contribution in [0.15, 0.2) is 0 Å². The van der Waals surface area contributed by atoms with Crippen LogP contribution in [0.4, 0.5) is 0 Å². The van der Waals surface area contributed by atoms with E-state index in [1.54, 1.807) is 0 Å². The Hall–Kier alpha value is -0.0800. The first-order valence-corrected chi connectivity index (χ1v) is 6.05. The molecule has 0 heterocycles. The van der Waals surface area contributed by atoms with Crippen LogP contribution in [0.5, 0.6) is 0 Å². The van der Waals surface area contributed by atoms with Crippen LogP contribution < -0.4 is 5.32 Å². The monoisotopic (exact) mass is 201 g/mol. The van der Waals surface area contributed by atoms with Gasteiger partial charge in [0.15, 0.2) is 0 Å². The minimum Gasteiger partial charge on any atom is -0.395 e. The fourth-order valence-electron chi connectivity index (χ4n) is 1.48. The Morgan fingerprint density at radius 2 is 1.86 bits per heavy atom. The summed E-state index contributed by atoms with van der Waals surface area (Å²) in [4.78, 5) is 0. The van der Waals surface area contributed by atoms with E-state index in [4.69, 9.17) is 5.11 Å². The molecule has 0 aromatic carbocycles. The van der Waals surface area contributed by atoms with Gasteiger partial charge in [-0.25, -0.2) is 0 Å². The summed E-state index contributed by atoms with van der Waals surface area (Å²) in [6.45, 7) is 7.90. The van der Waals surface area contributed by atoms with Gasteiger partial charge in [0.05, 0.1) is 6.61 Å². The highest BCUT2D eigenvalue weighted by Gasteiger charge is 2.06. The van der Waals surface area contributed by atoms with Crippen LogP contribution in [0.2, 0.25) is 0 Å². The fourth-order valence-corrected chi connectivity index (χ4v) is 1.48. The first-order valence-electron chi connectivity index (χ1n) is 6.05. The molecule has 1 unspecified atom stereocenters. The topological polar surface area (TPSA) is 32.3 Å². The molecule has 0 rings (SSSR count). The Morgan fingerprint density at radius 3 is 2.36 bits per heavy atom. The highest BCUT2D eigenvalue weighted by molar-refractivity contribution is 4.66. The molecular weight excluding hydrogens is 174 g/mol. The highest BCUT2D eigenvalue weighted by Crippen LogP contribution is 2.05. The van der Waals surface area contributed by atoms with Gasteiger partial charge in [-0.05, 0) is 18.9 Å². The van der Waals surface area contributed by atoms with Gasteiger partial charge in [0.2, 0.25) is 0 Å². The minimum absolute atomic E-state index is 0.277. The van der Waals surface area contributed by atoms with Gasteiger partial charge in [0, 0.05) is 6.04 Å². The SMILES string of the molecule is CCCCCCC(CO)NCC(C)C. The first kappa shape index (κ1) is 13.9. The Balaban J connectivity index is 3.38. The van der Waals surface area contributed by atoms with Crippen molar-refractivity contribution in [3.63, 3.8) is 0 Å². The molecule has 0 aliphatic rings. The smallest absolute Gasteiger partial charge is 0.0584 e. The molecule has 0 radical (unpaired) electrons. The number of unbranched alkanes of at least 4 members (excludes halogenated alkanes) is 3. The summed E-state index contributed by atoms with van der Waals surface area (Å²) in [7, 11) is 0. The first-order chi connectivity index (χ1) is 6.70. The van der Waals surface area contributed by atoms with Crippen molar-refractivity contribution in [3.8, 4) is 0 Å². The maximum Gasteiger partial charge on any atom is 0.0584 e. The number of nitrogens with one attached hydrogen (secondary N) is 1. The zero-order chi connectivity index (χ0) is 10.8. The molecule has 0 aromatic heterocycles. The van der Waals surface area contributed by atoms with E-state index in [9.17, 15) is 0 Å². The van der Waals surface area contributed by atoms with E-state index < -0.39 is 0 Å². The Labute approximate surface area is 89.1 Å². The van der Waals surface area contributed by atoms with Gasteiger partial charge in [-0.1, -0.05) is 46.5 Å². The van der Waals surface area contributed by atoms with Crippen LogP contribution in [0.3, 0.4) is 0 Å². The molecule has 2 N–H and O–H groups in total. The third-order valence-electron chi connectivity index (χ3n) is 2.44. The molecule has 0 saturated heterocycles. The predicted octanol–water partition coefficient (Wildman–Crippen LogP) is 2.56. The molecule has 14 heavy (non-hydrogen) atoms. The normalized spacial score (nSPS) is 13.5. The van der Waals surface area contributed by atoms with E-state index in [2.05, 4.69) is 26.1 Å². The lowest BCUT2D eigenvalue weighted by Crippen LogP contribution is -2.34. The molecule has 0 spiro atoms. The Bertz CT molecular complexity index is 115. The number of aliphatic hydroxyl groups excluding tert-OH is 1. The van der Waals surface area contributed by atoms with Crippen molar-refractivity contribution >= 4 is 0 Å². The molecular formula is C12H27NO. The lowest BCUT2D eigenvalue weighted by atomic mass is 10.1. The van der Waals surface area contributed by atoms with Crippen LogP contribution in [0.1, 0.15) is 52.9 Å². The lowest BCUT2D eigenvalue weighted by Gasteiger charge is -2.17. The van der Waals surface area contributed by atoms with Crippen LogP contribution in [0, 0.1) is 5.92 Å². The molecule has 2 nitrogen and oxygen atoms in total. The summed E-state index contributed by atoms with van der Waals surface area (Å²) < 4.78 is 0. The van der Waals surface area contributed by atoms with E-state index in [-0.39, 0.29) is 6.61 Å². The summed E-state index contributed by atoms with van der Waals surface area (Å²) in [5.41, 5.74) is 0. The van der Waals surface area contributed by atoms with Crippen LogP contribution in [-0.4, -0.2) is 24.3 Å². The second-order valence-electron chi connectivity index (χ2n) is 4.53. The molecule has 86 valence electrons. The van der Waals surface area contributed by atoms with E-state index >= 15 is 0 Å². The van der Waals surface area contributed by atoms with Gasteiger partial charge >= 0.3 is 0 Å². The summed E-state index contributed by atoms with van der Waals surface area (Å²) in [5, 5.41) is 12.5. The highest BCUT2D eigenvalue weighted by atomic mass is 16.3. The molecule has 0 saturated carbocycles. The van der Waals surface area contributed by atoms with Crippen LogP contribution >= 0.6 is 0 Å². The number of hydrogen-bond donors (Lipinski definition) is 2. The predicted molar refractivity (Wildman–Crippen MR) is 62.5 cm³/mol. The van der Waals surface area contributed by atoms with E-state index in [0.29, 0.717) is 12.0 Å². The summed E-state index contributed by atoms with van der Waals surface area (Å²) in [6, 6.07) is 0.314. The molecule has 2 heteroatoms. The average molecular weight is 201 g/mol. The van der Waals surface area contributed by atoms with E-state index in [1.165, 1.54) is 25.7 Å². The van der Waals surface area contributed by atoms with E-state index in [1.807, 2.05) is 0 Å². The molecule has 0 amide bonds. The Kier molecular flexibility index (Phi) is 9.42. The standard InChI is InChI=1S/C12H27NO/c1-4-5-6-7-8-12(10-14)13-9-11(2)3/h11-14H,4-10H2,1-3H3. The average Bonchev–Trinajstić information content (AvgIpc) is 2.16. The van der Waals surface area contributed by atoms with Crippen molar-refractivity contribution in [3.05, 3.63) is 0 Å². The van der Waals surface area contributed by atoms with Gasteiger partial charge < -0.3 is 10.4 Å². The lowest BCUT2D eigenvalue weighted by molar-refractivity contribution is 0.229.